The van der Waals surface area contributed by atoms with E-state index in [0.717, 1.165) is 67.1 Å². The van der Waals surface area contributed by atoms with Gasteiger partial charge in [0.2, 0.25) is 5.13 Å². The van der Waals surface area contributed by atoms with Gasteiger partial charge in [-0.2, -0.15) is 13.2 Å². The molecule has 0 radical (unpaired) electrons. The van der Waals surface area contributed by atoms with Gasteiger partial charge >= 0.3 is 12.1 Å². The third-order valence-electron chi connectivity index (χ3n) is 9.23. The summed E-state index contributed by atoms with van der Waals surface area (Å²) in [5.74, 6) is -0.756. The summed E-state index contributed by atoms with van der Waals surface area (Å²) < 4.78 is 53.5. The molecule has 0 spiro atoms. The van der Waals surface area contributed by atoms with E-state index in [1.807, 2.05) is 36.4 Å². The molecule has 1 unspecified atom stereocenters. The third kappa shape index (κ3) is 9.30. The average Bonchev–Trinajstić information content (AvgIpc) is 3.94. The van der Waals surface area contributed by atoms with E-state index >= 15 is 0 Å². The quantitative estimate of drug-likeness (QED) is 0.134. The van der Waals surface area contributed by atoms with Crippen LogP contribution >= 0.6 is 22.9 Å². The van der Waals surface area contributed by atoms with Gasteiger partial charge in [-0.15, -0.1) is 10.2 Å². The van der Waals surface area contributed by atoms with Crippen molar-refractivity contribution in [3.05, 3.63) is 118 Å². The van der Waals surface area contributed by atoms with Crippen molar-refractivity contribution in [3.8, 4) is 16.3 Å². The van der Waals surface area contributed by atoms with E-state index in [1.165, 1.54) is 42.4 Å². The molecule has 1 saturated heterocycles. The van der Waals surface area contributed by atoms with Gasteiger partial charge in [0.15, 0.2) is 0 Å². The predicted molar refractivity (Wildman–Crippen MR) is 203 cm³/mol. The number of likely N-dealkylation sites (tertiary alicyclic amines) is 1. The minimum Gasteiger partial charge on any atom is -0.492 e. The number of aromatic nitrogens is 2. The van der Waals surface area contributed by atoms with Crippen LogP contribution in [0.15, 0.2) is 89.7 Å². The molecule has 13 heteroatoms. The lowest BCUT2D eigenvalue weighted by Crippen LogP contribution is -2.33. The van der Waals surface area contributed by atoms with E-state index in [4.69, 9.17) is 21.4 Å². The Balaban J connectivity index is 0.000000533. The summed E-state index contributed by atoms with van der Waals surface area (Å²) in [6, 6.07) is 21.2. The molecule has 3 heterocycles. The lowest BCUT2D eigenvalue weighted by molar-refractivity contribution is -0.137. The lowest BCUT2D eigenvalue weighted by Gasteiger charge is -2.32. The van der Waals surface area contributed by atoms with Crippen LogP contribution in [0.5, 0.6) is 5.75 Å². The topological polar surface area (TPSA) is 91.9 Å². The molecule has 0 amide bonds. The summed E-state index contributed by atoms with van der Waals surface area (Å²) >= 11 is 7.87. The maximum absolute atomic E-state index is 14.4. The van der Waals surface area contributed by atoms with Crippen LogP contribution in [0.1, 0.15) is 77.7 Å². The number of furan rings is 1. The van der Waals surface area contributed by atoms with Gasteiger partial charge in [-0.25, -0.2) is 4.79 Å². The molecular formula is C40H40ClF3N4O4S. The highest BCUT2D eigenvalue weighted by Gasteiger charge is 2.37. The van der Waals surface area contributed by atoms with Crippen molar-refractivity contribution in [2.75, 3.05) is 37.7 Å². The summed E-state index contributed by atoms with van der Waals surface area (Å²) in [5.41, 5.74) is 3.53. The minimum atomic E-state index is -4.58. The zero-order valence-electron chi connectivity index (χ0n) is 29.2. The lowest BCUT2D eigenvalue weighted by atomic mass is 9.96. The summed E-state index contributed by atoms with van der Waals surface area (Å²) in [6.45, 7) is 5.83. The van der Waals surface area contributed by atoms with Crippen molar-refractivity contribution in [1.29, 1.82) is 0 Å². The molecule has 1 fully saturated rings. The number of carbonyl (C=O) groups is 1. The van der Waals surface area contributed by atoms with Crippen LogP contribution in [-0.4, -0.2) is 59.0 Å². The molecule has 2 aliphatic rings. The molecular weight excluding hydrogens is 725 g/mol. The van der Waals surface area contributed by atoms with Gasteiger partial charge in [-0.1, -0.05) is 85.2 Å². The van der Waals surface area contributed by atoms with E-state index in [0.29, 0.717) is 29.9 Å². The fourth-order valence-electron chi connectivity index (χ4n) is 6.56. The van der Waals surface area contributed by atoms with Crippen LogP contribution in [0.4, 0.5) is 18.3 Å². The smallest absolute Gasteiger partial charge is 0.417 e. The van der Waals surface area contributed by atoms with Crippen LogP contribution < -0.4 is 9.64 Å². The Morgan fingerprint density at radius 1 is 1.04 bits per heavy atom. The standard InChI is InChI=1S/C35H36ClF3N4OS.C5H4O3/c1-2-3-19-43(32-26-12-6-5-11-24(26)22-29(32)27-13-7-8-14-31(27)36)34-41-40-33(45-34)28-16-15-25(23-30(28)35(37,38)39)44-21-20-42-17-9-4-10-18-42;6-5(7)4-1-2-8-3-4/h5-8,11-16,22-23,32H,2-4,9-10,17-21H2,1H3;1-3H,(H,6,7). The summed E-state index contributed by atoms with van der Waals surface area (Å²) in [7, 11) is 0. The number of benzene rings is 3. The fourth-order valence-corrected chi connectivity index (χ4v) is 7.74. The molecule has 1 atom stereocenters. The average molecular weight is 765 g/mol. The highest BCUT2D eigenvalue weighted by Crippen LogP contribution is 2.49. The largest absolute Gasteiger partial charge is 0.492 e. The predicted octanol–water partition coefficient (Wildman–Crippen LogP) is 10.6. The third-order valence-corrected chi connectivity index (χ3v) is 10.5. The van der Waals surface area contributed by atoms with Crippen molar-refractivity contribution in [2.24, 2.45) is 0 Å². The maximum Gasteiger partial charge on any atom is 0.417 e. The molecule has 0 saturated carbocycles. The normalized spacial score (nSPS) is 15.6. The van der Waals surface area contributed by atoms with Gasteiger partial charge in [0.05, 0.1) is 23.4 Å². The monoisotopic (exact) mass is 764 g/mol. The number of unbranched alkanes of at least 4 members (excludes halogenated alkanes) is 1. The van der Waals surface area contributed by atoms with E-state index in [9.17, 15) is 18.0 Å². The molecule has 0 bridgehead atoms. The van der Waals surface area contributed by atoms with Crippen LogP contribution in [0.2, 0.25) is 5.02 Å². The van der Waals surface area contributed by atoms with Crippen LogP contribution in [0.3, 0.4) is 0 Å². The first-order valence-corrected chi connectivity index (χ1v) is 18.8. The van der Waals surface area contributed by atoms with Gasteiger partial charge < -0.3 is 19.2 Å². The number of halogens is 4. The highest BCUT2D eigenvalue weighted by atomic mass is 35.5. The molecule has 5 aromatic rings. The number of hydrogen-bond donors (Lipinski definition) is 1. The molecule has 3 aromatic carbocycles. The molecule has 7 rings (SSSR count). The number of piperidine rings is 1. The van der Waals surface area contributed by atoms with Crippen molar-refractivity contribution in [3.63, 3.8) is 0 Å². The Morgan fingerprint density at radius 2 is 1.81 bits per heavy atom. The Bertz CT molecular complexity index is 2010. The first-order valence-electron chi connectivity index (χ1n) is 17.6. The van der Waals surface area contributed by atoms with E-state index < -0.39 is 17.7 Å². The van der Waals surface area contributed by atoms with Crippen LogP contribution in [-0.2, 0) is 6.18 Å². The SMILES string of the molecule is CCCCN(c1nnc(-c2ccc(OCCN3CCCCC3)cc2C(F)(F)F)s1)C1C(c2ccccc2Cl)=Cc2ccccc21.O=C(O)c1ccoc1. The Labute approximate surface area is 315 Å². The van der Waals surface area contributed by atoms with Gasteiger partial charge in [0.25, 0.3) is 0 Å². The number of carboxylic acid groups (broad SMARTS) is 1. The zero-order chi connectivity index (χ0) is 37.4. The zero-order valence-corrected chi connectivity index (χ0v) is 30.8. The molecule has 8 nitrogen and oxygen atoms in total. The number of hydrogen-bond acceptors (Lipinski definition) is 8. The number of ether oxygens (including phenoxy) is 1. The van der Waals surface area contributed by atoms with E-state index in [-0.39, 0.29) is 27.9 Å². The Hall–Kier alpha value is -4.65. The van der Waals surface area contributed by atoms with Crippen molar-refractivity contribution >= 4 is 45.7 Å². The Kier molecular flexibility index (Phi) is 12.5. The van der Waals surface area contributed by atoms with Crippen LogP contribution in [0, 0.1) is 0 Å². The molecule has 1 N–H and O–H groups in total. The van der Waals surface area contributed by atoms with Crippen LogP contribution in [0.25, 0.3) is 22.2 Å². The summed E-state index contributed by atoms with van der Waals surface area (Å²) in [6.07, 6.45) is 5.42. The second-order valence-corrected chi connectivity index (χ2v) is 14.2. The summed E-state index contributed by atoms with van der Waals surface area (Å²) in [4.78, 5) is 14.5. The minimum absolute atomic E-state index is 0.00114. The Morgan fingerprint density at radius 3 is 2.51 bits per heavy atom. The van der Waals surface area contributed by atoms with Gasteiger partial charge in [0, 0.05) is 23.7 Å². The van der Waals surface area contributed by atoms with Crippen molar-refractivity contribution < 1.29 is 32.2 Å². The second kappa shape index (κ2) is 17.5. The highest BCUT2D eigenvalue weighted by molar-refractivity contribution is 7.18. The first-order chi connectivity index (χ1) is 25.6. The van der Waals surface area contributed by atoms with Gasteiger partial charge in [-0.3, -0.25) is 4.90 Å². The second-order valence-electron chi connectivity index (χ2n) is 12.8. The van der Waals surface area contributed by atoms with Crippen molar-refractivity contribution in [2.45, 2.75) is 51.2 Å². The maximum atomic E-state index is 14.4. The van der Waals surface area contributed by atoms with Gasteiger partial charge in [0.1, 0.15) is 23.6 Å². The molecule has 1 aliphatic heterocycles. The van der Waals surface area contributed by atoms with Gasteiger partial charge in [-0.05, 0) is 91.0 Å². The molecule has 1 aliphatic carbocycles. The van der Waals surface area contributed by atoms with Crippen molar-refractivity contribution in [1.82, 2.24) is 15.1 Å². The number of fused-ring (bicyclic) bond motifs is 1. The first kappa shape index (κ1) is 38.1. The number of anilines is 1. The number of carboxylic acids is 1. The summed E-state index contributed by atoms with van der Waals surface area (Å²) in [5, 5.41) is 18.4. The molecule has 53 heavy (non-hydrogen) atoms. The van der Waals surface area contributed by atoms with E-state index in [2.05, 4.69) is 49.5 Å². The number of nitrogens with zero attached hydrogens (tertiary/aromatic N) is 4. The number of rotatable bonds is 12. The molecule has 278 valence electrons. The number of alkyl halides is 3. The fraction of sp³-hybridized carbons (Fsp3) is 0.325. The van der Waals surface area contributed by atoms with E-state index in [1.54, 1.807) is 6.07 Å². The number of aromatic carboxylic acids is 1. The molecule has 2 aromatic heterocycles.